The van der Waals surface area contributed by atoms with Gasteiger partial charge in [0, 0.05) is 5.25 Å². The topological polar surface area (TPSA) is 34.1 Å². The number of halogens is 2. The standard InChI is InChI=1S/C9H6F2O2S/c1-14(12,13)6-5-7-8(10)3-2-4-9(7)11/h2-4H,1H3. The average molecular weight is 216 g/mol. The third-order valence-electron chi connectivity index (χ3n) is 1.32. The molecule has 0 amide bonds. The predicted octanol–water partition coefficient (Wildman–Crippen LogP) is 1.32. The highest BCUT2D eigenvalue weighted by Crippen LogP contribution is 2.09. The zero-order chi connectivity index (χ0) is 10.8. The fourth-order valence-electron chi connectivity index (χ4n) is 0.761. The first kappa shape index (κ1) is 10.7. The van der Waals surface area contributed by atoms with Crippen LogP contribution in [0.25, 0.3) is 0 Å². The molecule has 0 N–H and O–H groups in total. The molecule has 0 spiro atoms. The van der Waals surface area contributed by atoms with Gasteiger partial charge in [0.1, 0.15) is 11.6 Å². The second-order valence-corrected chi connectivity index (χ2v) is 4.34. The summed E-state index contributed by atoms with van der Waals surface area (Å²) in [5.74, 6) is 0.185. The first-order valence-electron chi connectivity index (χ1n) is 3.57. The summed E-state index contributed by atoms with van der Waals surface area (Å²) in [7, 11) is -3.55. The van der Waals surface area contributed by atoms with Gasteiger partial charge >= 0.3 is 0 Å². The number of hydrogen-bond acceptors (Lipinski definition) is 2. The quantitative estimate of drug-likeness (QED) is 0.613. The Bertz CT molecular complexity index is 489. The highest BCUT2D eigenvalue weighted by molar-refractivity contribution is 7.95. The predicted molar refractivity (Wildman–Crippen MR) is 48.1 cm³/mol. The zero-order valence-electron chi connectivity index (χ0n) is 7.21. The third kappa shape index (κ3) is 2.82. The van der Waals surface area contributed by atoms with Gasteiger partial charge in [0.05, 0.1) is 11.8 Å². The number of rotatable bonds is 0. The van der Waals surface area contributed by atoms with Crippen LogP contribution in [0.4, 0.5) is 8.78 Å². The van der Waals surface area contributed by atoms with E-state index in [1.807, 2.05) is 5.92 Å². The van der Waals surface area contributed by atoms with Gasteiger partial charge in [0.25, 0.3) is 0 Å². The monoisotopic (exact) mass is 216 g/mol. The summed E-state index contributed by atoms with van der Waals surface area (Å²) >= 11 is 0. The summed E-state index contributed by atoms with van der Waals surface area (Å²) in [6.07, 6.45) is 0.860. The van der Waals surface area contributed by atoms with E-state index in [-0.39, 0.29) is 0 Å². The van der Waals surface area contributed by atoms with E-state index in [2.05, 4.69) is 0 Å². The molecule has 0 saturated carbocycles. The van der Waals surface area contributed by atoms with Crippen LogP contribution in [0.1, 0.15) is 5.56 Å². The lowest BCUT2D eigenvalue weighted by Crippen LogP contribution is -1.92. The molecule has 14 heavy (non-hydrogen) atoms. The molecule has 0 aromatic heterocycles. The summed E-state index contributed by atoms with van der Waals surface area (Å²) in [6.45, 7) is 0. The lowest BCUT2D eigenvalue weighted by Gasteiger charge is -1.94. The van der Waals surface area contributed by atoms with Crippen LogP contribution in [-0.2, 0) is 9.84 Å². The highest BCUT2D eigenvalue weighted by atomic mass is 32.2. The van der Waals surface area contributed by atoms with Gasteiger partial charge in [0.15, 0.2) is 0 Å². The minimum absolute atomic E-state index is 0.530. The van der Waals surface area contributed by atoms with Crippen molar-refractivity contribution in [3.8, 4) is 11.2 Å². The Labute approximate surface area is 80.5 Å². The molecule has 1 aromatic rings. The molecule has 2 nitrogen and oxygen atoms in total. The van der Waals surface area contributed by atoms with Crippen molar-refractivity contribution in [3.63, 3.8) is 0 Å². The third-order valence-corrected chi connectivity index (χ3v) is 1.80. The van der Waals surface area contributed by atoms with E-state index in [4.69, 9.17) is 0 Å². The first-order valence-corrected chi connectivity index (χ1v) is 5.46. The number of sulfone groups is 1. The molecule has 0 aliphatic carbocycles. The molecule has 0 atom stereocenters. The van der Waals surface area contributed by atoms with Gasteiger partial charge in [-0.2, -0.15) is 0 Å². The molecule has 0 aliphatic heterocycles. The Morgan fingerprint density at radius 2 is 1.71 bits per heavy atom. The Kier molecular flexibility index (Phi) is 2.87. The van der Waals surface area contributed by atoms with Crippen LogP contribution in [0.3, 0.4) is 0 Å². The number of benzene rings is 1. The molecule has 0 radical (unpaired) electrons. The molecule has 0 unspecified atom stereocenters. The largest absolute Gasteiger partial charge is 0.216 e. The fourth-order valence-corrected chi connectivity index (χ4v) is 1.05. The van der Waals surface area contributed by atoms with Gasteiger partial charge in [-0.15, -0.1) is 0 Å². The van der Waals surface area contributed by atoms with Crippen molar-refractivity contribution in [2.45, 2.75) is 0 Å². The maximum atomic E-state index is 12.9. The zero-order valence-corrected chi connectivity index (χ0v) is 8.03. The van der Waals surface area contributed by atoms with Gasteiger partial charge < -0.3 is 0 Å². The summed E-state index contributed by atoms with van der Waals surface area (Å²) < 4.78 is 47.0. The molecular weight excluding hydrogens is 210 g/mol. The minimum atomic E-state index is -3.55. The van der Waals surface area contributed by atoms with E-state index in [9.17, 15) is 17.2 Å². The van der Waals surface area contributed by atoms with Crippen LogP contribution in [0.5, 0.6) is 0 Å². The van der Waals surface area contributed by atoms with E-state index < -0.39 is 27.0 Å². The first-order chi connectivity index (χ1) is 6.40. The molecule has 0 aliphatic rings. The SMILES string of the molecule is CS(=O)(=O)C#Cc1c(F)cccc1F. The van der Waals surface area contributed by atoms with Gasteiger partial charge in [0.2, 0.25) is 9.84 Å². The maximum absolute atomic E-state index is 12.9. The van der Waals surface area contributed by atoms with Gasteiger partial charge in [-0.25, -0.2) is 17.2 Å². The van der Waals surface area contributed by atoms with E-state index in [1.165, 1.54) is 6.07 Å². The Hall–Kier alpha value is -1.41. The van der Waals surface area contributed by atoms with Crippen LogP contribution < -0.4 is 0 Å². The van der Waals surface area contributed by atoms with Crippen molar-refractivity contribution in [1.82, 2.24) is 0 Å². The van der Waals surface area contributed by atoms with E-state index in [0.29, 0.717) is 0 Å². The van der Waals surface area contributed by atoms with Crippen molar-refractivity contribution in [2.75, 3.05) is 6.26 Å². The summed E-state index contributed by atoms with van der Waals surface area (Å²) in [6, 6.07) is 3.20. The van der Waals surface area contributed by atoms with E-state index >= 15 is 0 Å². The Balaban J connectivity index is 3.26. The maximum Gasteiger partial charge on any atom is 0.214 e. The normalized spacial score (nSPS) is 10.5. The second kappa shape index (κ2) is 3.76. The van der Waals surface area contributed by atoms with Crippen molar-refractivity contribution in [2.24, 2.45) is 0 Å². The average Bonchev–Trinajstić information content (AvgIpc) is 2.01. The van der Waals surface area contributed by atoms with Crippen LogP contribution in [0.2, 0.25) is 0 Å². The van der Waals surface area contributed by atoms with Gasteiger partial charge in [-0.3, -0.25) is 0 Å². The lowest BCUT2D eigenvalue weighted by atomic mass is 10.2. The summed E-state index contributed by atoms with van der Waals surface area (Å²) in [5, 5.41) is 1.76. The van der Waals surface area contributed by atoms with Crippen molar-refractivity contribution < 1.29 is 17.2 Å². The molecule has 5 heteroatoms. The van der Waals surface area contributed by atoms with E-state index in [1.54, 1.807) is 5.25 Å². The van der Waals surface area contributed by atoms with Crippen molar-refractivity contribution in [1.29, 1.82) is 0 Å². The van der Waals surface area contributed by atoms with Crippen LogP contribution in [0.15, 0.2) is 18.2 Å². The van der Waals surface area contributed by atoms with Gasteiger partial charge in [-0.1, -0.05) is 6.07 Å². The lowest BCUT2D eigenvalue weighted by molar-refractivity contribution is 0.577. The minimum Gasteiger partial charge on any atom is -0.216 e. The Morgan fingerprint density at radius 1 is 1.21 bits per heavy atom. The fraction of sp³-hybridized carbons (Fsp3) is 0.111. The molecule has 0 fully saturated rings. The molecule has 0 saturated heterocycles. The smallest absolute Gasteiger partial charge is 0.214 e. The number of hydrogen-bond donors (Lipinski definition) is 0. The Morgan fingerprint density at radius 3 is 2.14 bits per heavy atom. The molecule has 1 rings (SSSR count). The van der Waals surface area contributed by atoms with Crippen molar-refractivity contribution >= 4 is 9.84 Å². The van der Waals surface area contributed by atoms with Crippen LogP contribution in [-0.4, -0.2) is 14.7 Å². The molecular formula is C9H6F2O2S. The van der Waals surface area contributed by atoms with Gasteiger partial charge in [-0.05, 0) is 18.1 Å². The highest BCUT2D eigenvalue weighted by Gasteiger charge is 2.05. The van der Waals surface area contributed by atoms with Crippen LogP contribution >= 0.6 is 0 Å². The molecule has 0 bridgehead atoms. The van der Waals surface area contributed by atoms with Crippen molar-refractivity contribution in [3.05, 3.63) is 35.4 Å². The summed E-state index contributed by atoms with van der Waals surface area (Å²) in [5.41, 5.74) is -0.530. The summed E-state index contributed by atoms with van der Waals surface area (Å²) in [4.78, 5) is 0. The van der Waals surface area contributed by atoms with Crippen LogP contribution in [0, 0.1) is 22.8 Å². The second-order valence-electron chi connectivity index (χ2n) is 2.60. The molecule has 1 aromatic carbocycles. The molecule has 0 heterocycles. The molecule has 74 valence electrons. The van der Waals surface area contributed by atoms with E-state index in [0.717, 1.165) is 18.4 Å².